The lowest BCUT2D eigenvalue weighted by atomic mass is 10.0. The molecule has 0 aliphatic carbocycles. The normalized spacial score (nSPS) is 10.7. The number of hydrogen-bond acceptors (Lipinski definition) is 4. The molecule has 31 heavy (non-hydrogen) atoms. The van der Waals surface area contributed by atoms with Crippen LogP contribution in [0.3, 0.4) is 0 Å². The van der Waals surface area contributed by atoms with Gasteiger partial charge in [0.1, 0.15) is 16.3 Å². The van der Waals surface area contributed by atoms with E-state index in [1.165, 1.54) is 12.3 Å². The molecule has 0 aliphatic heterocycles. The molecule has 158 valence electrons. The summed E-state index contributed by atoms with van der Waals surface area (Å²) in [6.07, 6.45) is 5.32. The highest BCUT2D eigenvalue weighted by molar-refractivity contribution is 6.55. The molecular weight excluding hydrogens is 457 g/mol. The Morgan fingerprint density at radius 3 is 2.58 bits per heavy atom. The van der Waals surface area contributed by atoms with Gasteiger partial charge >= 0.3 is 0 Å². The number of nitrogens with one attached hydrogen (secondary N) is 1. The Kier molecular flexibility index (Phi) is 8.47. The molecule has 0 fully saturated rings. The van der Waals surface area contributed by atoms with E-state index in [1.807, 2.05) is 48.5 Å². The van der Waals surface area contributed by atoms with Crippen LogP contribution in [0, 0.1) is 0 Å². The first-order valence-electron chi connectivity index (χ1n) is 9.30. The maximum Gasteiger partial charge on any atom is 0.258 e. The minimum atomic E-state index is -0.316. The summed E-state index contributed by atoms with van der Waals surface area (Å²) in [4.78, 5) is 21.6. The molecule has 0 bridgehead atoms. The van der Waals surface area contributed by atoms with Gasteiger partial charge in [-0.3, -0.25) is 4.79 Å². The van der Waals surface area contributed by atoms with E-state index < -0.39 is 0 Å². The first-order valence-corrected chi connectivity index (χ1v) is 10.4. The number of hydrogen-bond donors (Lipinski definition) is 1. The van der Waals surface area contributed by atoms with E-state index in [4.69, 9.17) is 39.6 Å². The number of rotatable bonds is 8. The zero-order valence-corrected chi connectivity index (χ0v) is 18.5. The van der Waals surface area contributed by atoms with Gasteiger partial charge in [-0.15, -0.1) is 0 Å². The highest BCUT2D eigenvalue weighted by Crippen LogP contribution is 2.29. The lowest BCUT2D eigenvalue weighted by molar-refractivity contribution is 0.102. The Balaban J connectivity index is 1.68. The lowest BCUT2D eigenvalue weighted by Gasteiger charge is -2.12. The Bertz CT molecular complexity index is 1100. The lowest BCUT2D eigenvalue weighted by Crippen LogP contribution is -2.13. The Hall–Kier alpha value is -2.86. The predicted molar refractivity (Wildman–Crippen MR) is 127 cm³/mol. The number of pyridine rings is 1. The van der Waals surface area contributed by atoms with Gasteiger partial charge in [-0.05, 0) is 35.4 Å². The van der Waals surface area contributed by atoms with E-state index in [0.717, 1.165) is 16.7 Å². The van der Waals surface area contributed by atoms with Crippen molar-refractivity contribution in [3.63, 3.8) is 0 Å². The van der Waals surface area contributed by atoms with Crippen molar-refractivity contribution in [2.75, 3.05) is 11.9 Å². The van der Waals surface area contributed by atoms with Gasteiger partial charge in [-0.25, -0.2) is 4.98 Å². The highest BCUT2D eigenvalue weighted by atomic mass is 35.5. The van der Waals surface area contributed by atoms with Gasteiger partial charge in [0, 0.05) is 30.1 Å². The summed E-state index contributed by atoms with van der Waals surface area (Å²) in [6.45, 7) is 0.213. The molecule has 5 nitrogen and oxygen atoms in total. The van der Waals surface area contributed by atoms with Crippen LogP contribution in [-0.4, -0.2) is 23.7 Å². The maximum absolute atomic E-state index is 12.6. The first-order chi connectivity index (χ1) is 15.0. The van der Waals surface area contributed by atoms with Gasteiger partial charge in [-0.2, -0.15) is 0 Å². The molecule has 0 saturated heterocycles. The summed E-state index contributed by atoms with van der Waals surface area (Å²) >= 11 is 17.0. The molecule has 0 saturated carbocycles. The molecule has 1 aromatic heterocycles. The fourth-order valence-corrected chi connectivity index (χ4v) is 3.08. The van der Waals surface area contributed by atoms with Crippen molar-refractivity contribution >= 4 is 52.6 Å². The summed E-state index contributed by atoms with van der Waals surface area (Å²) in [6, 6.07) is 18.8. The minimum Gasteiger partial charge on any atom is -0.392 e. The second kappa shape index (κ2) is 11.5. The number of carbonyl (C=O) groups is 1. The van der Waals surface area contributed by atoms with Gasteiger partial charge < -0.3 is 10.2 Å². The highest BCUT2D eigenvalue weighted by Gasteiger charge is 2.13. The number of aromatic nitrogens is 1. The monoisotopic (exact) mass is 473 g/mol. The topological polar surface area (TPSA) is 63.6 Å². The standard InChI is InChI=1S/C23H18Cl3N3O2/c24-21(25)12-15-31-28-14-11-16-7-9-17(10-8-16)18-4-1-2-6-20(18)29-23(30)19-5-3-13-27-22(19)26/h1-10,12-14H,11,15H2,(H,29,30). The van der Waals surface area contributed by atoms with Crippen molar-refractivity contribution in [1.82, 2.24) is 4.98 Å². The van der Waals surface area contributed by atoms with Crippen molar-refractivity contribution < 1.29 is 9.63 Å². The summed E-state index contributed by atoms with van der Waals surface area (Å²) < 4.78 is 0.144. The van der Waals surface area contributed by atoms with Crippen LogP contribution in [0.2, 0.25) is 5.15 Å². The number of benzene rings is 2. The third-order valence-electron chi connectivity index (χ3n) is 4.23. The molecule has 0 unspecified atom stereocenters. The second-order valence-corrected chi connectivity index (χ2v) is 7.69. The molecule has 2 aromatic carbocycles. The van der Waals surface area contributed by atoms with Crippen LogP contribution in [-0.2, 0) is 11.3 Å². The third kappa shape index (κ3) is 6.82. The van der Waals surface area contributed by atoms with Crippen molar-refractivity contribution in [1.29, 1.82) is 0 Å². The van der Waals surface area contributed by atoms with Crippen molar-refractivity contribution in [2.45, 2.75) is 6.42 Å². The SMILES string of the molecule is O=C(Nc1ccccc1-c1ccc(CC=NOCC=C(Cl)Cl)cc1)c1cccnc1Cl. The van der Waals surface area contributed by atoms with E-state index in [1.54, 1.807) is 18.3 Å². The quantitative estimate of drug-likeness (QED) is 0.175. The van der Waals surface area contributed by atoms with Crippen LogP contribution in [0.1, 0.15) is 15.9 Å². The minimum absolute atomic E-state index is 0.144. The van der Waals surface area contributed by atoms with Gasteiger partial charge in [0.05, 0.1) is 5.56 Å². The summed E-state index contributed by atoms with van der Waals surface area (Å²) in [5, 5.41) is 6.93. The van der Waals surface area contributed by atoms with Crippen molar-refractivity contribution in [3.05, 3.63) is 93.7 Å². The molecule has 0 radical (unpaired) electrons. The number of amides is 1. The Labute approximate surface area is 195 Å². The molecule has 0 spiro atoms. The van der Waals surface area contributed by atoms with Gasteiger partial charge in [0.15, 0.2) is 0 Å². The van der Waals surface area contributed by atoms with Gasteiger partial charge in [0.2, 0.25) is 0 Å². The van der Waals surface area contributed by atoms with E-state index >= 15 is 0 Å². The number of halogens is 3. The maximum atomic E-state index is 12.6. The molecule has 0 aliphatic rings. The smallest absolute Gasteiger partial charge is 0.258 e. The second-order valence-electron chi connectivity index (χ2n) is 6.32. The molecule has 3 rings (SSSR count). The zero-order chi connectivity index (χ0) is 22.1. The number of para-hydroxylation sites is 1. The third-order valence-corrected chi connectivity index (χ3v) is 4.84. The van der Waals surface area contributed by atoms with Crippen LogP contribution in [0.25, 0.3) is 11.1 Å². The average Bonchev–Trinajstić information content (AvgIpc) is 2.77. The Morgan fingerprint density at radius 1 is 1.06 bits per heavy atom. The van der Waals surface area contributed by atoms with E-state index in [9.17, 15) is 4.79 Å². The average molecular weight is 475 g/mol. The van der Waals surface area contributed by atoms with Gasteiger partial charge in [-0.1, -0.05) is 82.4 Å². The van der Waals surface area contributed by atoms with E-state index in [-0.39, 0.29) is 22.2 Å². The van der Waals surface area contributed by atoms with Crippen LogP contribution >= 0.6 is 34.8 Å². The summed E-state index contributed by atoms with van der Waals surface area (Å²) in [5.41, 5.74) is 3.92. The summed E-state index contributed by atoms with van der Waals surface area (Å²) in [5.74, 6) is -0.316. The number of anilines is 1. The fraction of sp³-hybridized carbons (Fsp3) is 0.0870. The molecule has 1 amide bonds. The number of nitrogens with zero attached hydrogens (tertiary/aromatic N) is 2. The molecule has 1 heterocycles. The summed E-state index contributed by atoms with van der Waals surface area (Å²) in [7, 11) is 0. The predicted octanol–water partition coefficient (Wildman–Crippen LogP) is 6.52. The number of carbonyl (C=O) groups excluding carboxylic acids is 1. The molecular formula is C23H18Cl3N3O2. The Morgan fingerprint density at radius 2 is 1.84 bits per heavy atom. The van der Waals surface area contributed by atoms with Crippen LogP contribution < -0.4 is 5.32 Å². The van der Waals surface area contributed by atoms with Crippen molar-refractivity contribution in [2.24, 2.45) is 5.16 Å². The largest absolute Gasteiger partial charge is 0.392 e. The van der Waals surface area contributed by atoms with E-state index in [2.05, 4.69) is 15.5 Å². The fourth-order valence-electron chi connectivity index (χ4n) is 2.75. The van der Waals surface area contributed by atoms with Crippen LogP contribution in [0.5, 0.6) is 0 Å². The first kappa shape index (κ1) is 22.8. The molecule has 8 heteroatoms. The zero-order valence-electron chi connectivity index (χ0n) is 16.3. The molecule has 1 N–H and O–H groups in total. The van der Waals surface area contributed by atoms with Crippen LogP contribution in [0.15, 0.2) is 82.6 Å². The van der Waals surface area contributed by atoms with Gasteiger partial charge in [0.25, 0.3) is 5.91 Å². The molecule has 3 aromatic rings. The molecule has 0 atom stereocenters. The van der Waals surface area contributed by atoms with Crippen molar-refractivity contribution in [3.8, 4) is 11.1 Å². The van der Waals surface area contributed by atoms with E-state index in [0.29, 0.717) is 17.7 Å². The number of oxime groups is 1. The van der Waals surface area contributed by atoms with Crippen LogP contribution in [0.4, 0.5) is 5.69 Å².